The molecule has 0 fully saturated rings. The Bertz CT molecular complexity index is 622. The SMILES string of the molecule is NC(Cc1ccc(Cl)c(Cl)c1)c1cccc(OC(F)F)c1. The first-order valence-corrected chi connectivity index (χ1v) is 6.95. The van der Waals surface area contributed by atoms with Crippen molar-refractivity contribution < 1.29 is 13.5 Å². The van der Waals surface area contributed by atoms with Gasteiger partial charge in [0.2, 0.25) is 0 Å². The quantitative estimate of drug-likeness (QED) is 0.850. The summed E-state index contributed by atoms with van der Waals surface area (Å²) in [4.78, 5) is 0. The second-order valence-electron chi connectivity index (χ2n) is 4.51. The van der Waals surface area contributed by atoms with E-state index in [1.165, 1.54) is 12.1 Å². The van der Waals surface area contributed by atoms with E-state index in [1.54, 1.807) is 24.3 Å². The molecule has 0 aromatic heterocycles. The molecule has 21 heavy (non-hydrogen) atoms. The van der Waals surface area contributed by atoms with E-state index in [2.05, 4.69) is 4.74 Å². The van der Waals surface area contributed by atoms with Gasteiger partial charge in [0.1, 0.15) is 5.75 Å². The van der Waals surface area contributed by atoms with Crippen LogP contribution >= 0.6 is 23.2 Å². The van der Waals surface area contributed by atoms with E-state index < -0.39 is 6.61 Å². The normalized spacial score (nSPS) is 12.5. The minimum Gasteiger partial charge on any atom is -0.435 e. The summed E-state index contributed by atoms with van der Waals surface area (Å²) in [5.74, 6) is 0.0899. The Morgan fingerprint density at radius 1 is 1.05 bits per heavy atom. The van der Waals surface area contributed by atoms with Crippen molar-refractivity contribution in [1.29, 1.82) is 0 Å². The number of rotatable bonds is 5. The van der Waals surface area contributed by atoms with Crippen LogP contribution in [0, 0.1) is 0 Å². The van der Waals surface area contributed by atoms with Gasteiger partial charge in [0.05, 0.1) is 10.0 Å². The third kappa shape index (κ3) is 4.56. The first kappa shape index (κ1) is 16.0. The molecule has 2 N–H and O–H groups in total. The first-order valence-electron chi connectivity index (χ1n) is 6.20. The second kappa shape index (κ2) is 7.07. The van der Waals surface area contributed by atoms with Gasteiger partial charge in [0, 0.05) is 6.04 Å². The second-order valence-corrected chi connectivity index (χ2v) is 5.32. The predicted octanol–water partition coefficient (Wildman–Crippen LogP) is 4.84. The smallest absolute Gasteiger partial charge is 0.387 e. The largest absolute Gasteiger partial charge is 0.435 e. The highest BCUT2D eigenvalue weighted by Crippen LogP contribution is 2.26. The maximum atomic E-state index is 12.2. The minimum absolute atomic E-state index is 0.0899. The van der Waals surface area contributed by atoms with Crippen LogP contribution in [0.5, 0.6) is 5.75 Å². The van der Waals surface area contributed by atoms with Crippen molar-refractivity contribution in [2.75, 3.05) is 0 Å². The van der Waals surface area contributed by atoms with Crippen LogP contribution in [0.4, 0.5) is 8.78 Å². The number of hydrogen-bond acceptors (Lipinski definition) is 2. The summed E-state index contributed by atoms with van der Waals surface area (Å²) in [6, 6.07) is 11.3. The molecule has 1 atom stereocenters. The van der Waals surface area contributed by atoms with Crippen LogP contribution in [0.15, 0.2) is 42.5 Å². The number of nitrogens with two attached hydrogens (primary N) is 1. The van der Waals surface area contributed by atoms with Crippen LogP contribution < -0.4 is 10.5 Å². The van der Waals surface area contributed by atoms with Crippen molar-refractivity contribution in [3.63, 3.8) is 0 Å². The van der Waals surface area contributed by atoms with Crippen molar-refractivity contribution in [3.05, 3.63) is 63.6 Å². The molecule has 2 nitrogen and oxygen atoms in total. The lowest BCUT2D eigenvalue weighted by atomic mass is 9.99. The van der Waals surface area contributed by atoms with Gasteiger partial charge in [0.15, 0.2) is 0 Å². The van der Waals surface area contributed by atoms with Gasteiger partial charge in [0.25, 0.3) is 0 Å². The molecular formula is C15H13Cl2F2NO. The van der Waals surface area contributed by atoms with E-state index in [0.717, 1.165) is 5.56 Å². The van der Waals surface area contributed by atoms with Crippen molar-refractivity contribution >= 4 is 23.2 Å². The Morgan fingerprint density at radius 2 is 1.81 bits per heavy atom. The summed E-state index contributed by atoms with van der Waals surface area (Å²) in [6.07, 6.45) is 0.509. The van der Waals surface area contributed by atoms with Gasteiger partial charge in [-0.25, -0.2) is 0 Å². The first-order chi connectivity index (χ1) is 9.95. The Hall–Kier alpha value is -1.36. The van der Waals surface area contributed by atoms with E-state index >= 15 is 0 Å². The lowest BCUT2D eigenvalue weighted by Crippen LogP contribution is -2.13. The number of ether oxygens (including phenoxy) is 1. The van der Waals surface area contributed by atoms with E-state index in [4.69, 9.17) is 28.9 Å². The van der Waals surface area contributed by atoms with E-state index in [-0.39, 0.29) is 11.8 Å². The molecule has 0 saturated carbocycles. The fourth-order valence-corrected chi connectivity index (χ4v) is 2.28. The van der Waals surface area contributed by atoms with Gasteiger partial charge in [-0.05, 0) is 41.8 Å². The molecule has 0 aliphatic heterocycles. The molecule has 0 spiro atoms. The molecule has 0 amide bonds. The van der Waals surface area contributed by atoms with Crippen molar-refractivity contribution in [1.82, 2.24) is 0 Å². The van der Waals surface area contributed by atoms with Crippen LogP contribution in [-0.2, 0) is 6.42 Å². The minimum atomic E-state index is -2.86. The highest BCUT2D eigenvalue weighted by atomic mass is 35.5. The number of hydrogen-bond donors (Lipinski definition) is 1. The highest BCUT2D eigenvalue weighted by Gasteiger charge is 2.11. The summed E-state index contributed by atoms with van der Waals surface area (Å²) < 4.78 is 28.8. The Labute approximate surface area is 131 Å². The van der Waals surface area contributed by atoms with Gasteiger partial charge in [-0.15, -0.1) is 0 Å². The van der Waals surface area contributed by atoms with Gasteiger partial charge >= 0.3 is 6.61 Å². The molecular weight excluding hydrogens is 319 g/mol. The van der Waals surface area contributed by atoms with E-state index in [1.807, 2.05) is 6.07 Å². The third-order valence-corrected chi connectivity index (χ3v) is 3.69. The Morgan fingerprint density at radius 3 is 2.48 bits per heavy atom. The zero-order valence-electron chi connectivity index (χ0n) is 10.9. The lowest BCUT2D eigenvalue weighted by molar-refractivity contribution is -0.0498. The molecule has 0 bridgehead atoms. The van der Waals surface area contributed by atoms with Crippen LogP contribution in [0.2, 0.25) is 10.0 Å². The van der Waals surface area contributed by atoms with Gasteiger partial charge < -0.3 is 10.5 Å². The van der Waals surface area contributed by atoms with Crippen molar-refractivity contribution in [2.45, 2.75) is 19.1 Å². The summed E-state index contributed by atoms with van der Waals surface area (Å²) in [5.41, 5.74) is 7.72. The molecule has 0 saturated heterocycles. The van der Waals surface area contributed by atoms with Gasteiger partial charge in [-0.2, -0.15) is 8.78 Å². The van der Waals surface area contributed by atoms with Crippen LogP contribution in [-0.4, -0.2) is 6.61 Å². The van der Waals surface area contributed by atoms with E-state index in [0.29, 0.717) is 22.0 Å². The van der Waals surface area contributed by atoms with Crippen LogP contribution in [0.25, 0.3) is 0 Å². The topological polar surface area (TPSA) is 35.2 Å². The summed E-state index contributed by atoms with van der Waals surface area (Å²) in [5, 5.41) is 0.928. The average molecular weight is 332 g/mol. The fraction of sp³-hybridized carbons (Fsp3) is 0.200. The maximum Gasteiger partial charge on any atom is 0.387 e. The average Bonchev–Trinajstić information content (AvgIpc) is 2.42. The standard InChI is InChI=1S/C15H13Cl2F2NO/c16-12-5-4-9(6-13(12)17)7-14(20)10-2-1-3-11(8-10)21-15(18)19/h1-6,8,14-15H,7,20H2. The number of benzene rings is 2. The monoisotopic (exact) mass is 331 g/mol. The summed E-state index contributed by atoms with van der Waals surface area (Å²) in [7, 11) is 0. The molecule has 0 heterocycles. The molecule has 112 valence electrons. The van der Waals surface area contributed by atoms with Crippen molar-refractivity contribution in [2.24, 2.45) is 5.73 Å². The molecule has 2 aromatic rings. The summed E-state index contributed by atoms with van der Waals surface area (Å²) in [6.45, 7) is -2.86. The molecule has 1 unspecified atom stereocenters. The molecule has 0 aliphatic carbocycles. The highest BCUT2D eigenvalue weighted by molar-refractivity contribution is 6.42. The molecule has 6 heteroatoms. The molecule has 0 radical (unpaired) electrons. The van der Waals surface area contributed by atoms with Crippen molar-refractivity contribution in [3.8, 4) is 5.75 Å². The maximum absolute atomic E-state index is 12.2. The molecule has 2 aromatic carbocycles. The zero-order valence-corrected chi connectivity index (χ0v) is 12.4. The summed E-state index contributed by atoms with van der Waals surface area (Å²) >= 11 is 11.8. The van der Waals surface area contributed by atoms with Gasteiger partial charge in [-0.3, -0.25) is 0 Å². The number of halogens is 4. The van der Waals surface area contributed by atoms with Gasteiger partial charge in [-0.1, -0.05) is 41.4 Å². The third-order valence-electron chi connectivity index (χ3n) is 2.95. The molecule has 2 rings (SSSR count). The molecule has 0 aliphatic rings. The van der Waals surface area contributed by atoms with Crippen LogP contribution in [0.1, 0.15) is 17.2 Å². The number of alkyl halides is 2. The predicted molar refractivity (Wildman–Crippen MR) is 80.2 cm³/mol. The zero-order chi connectivity index (χ0) is 15.4. The Kier molecular flexibility index (Phi) is 5.39. The van der Waals surface area contributed by atoms with Crippen LogP contribution in [0.3, 0.4) is 0 Å². The fourth-order valence-electron chi connectivity index (χ4n) is 1.96. The lowest BCUT2D eigenvalue weighted by Gasteiger charge is -2.14. The Balaban J connectivity index is 2.12. The van der Waals surface area contributed by atoms with E-state index in [9.17, 15) is 8.78 Å².